The van der Waals surface area contributed by atoms with Crippen molar-refractivity contribution in [3.05, 3.63) is 24.3 Å². The van der Waals surface area contributed by atoms with Crippen LogP contribution in [0.1, 0.15) is 32.6 Å². The first-order chi connectivity index (χ1) is 11.2. The van der Waals surface area contributed by atoms with Gasteiger partial charge in [-0.05, 0) is 44.5 Å². The first-order valence-electron chi connectivity index (χ1n) is 8.63. The monoisotopic (exact) mass is 319 g/mol. The van der Waals surface area contributed by atoms with Crippen molar-refractivity contribution < 1.29 is 9.53 Å². The standard InChI is InChI=1S/C18H29N3O2/c1-3-17(20-15-8-7-9-16(14-15)23-2)18(22)19-10-13-21-11-5-4-6-12-21/h7-9,14,17,20H,3-6,10-13H2,1-2H3,(H,19,22). The molecule has 0 aliphatic carbocycles. The zero-order valence-electron chi connectivity index (χ0n) is 14.3. The molecular formula is C18H29N3O2. The van der Waals surface area contributed by atoms with Crippen LogP contribution in [0.15, 0.2) is 24.3 Å². The summed E-state index contributed by atoms with van der Waals surface area (Å²) in [7, 11) is 1.64. The molecule has 1 aliphatic rings. The number of rotatable bonds is 8. The molecule has 1 amide bonds. The molecule has 1 fully saturated rings. The quantitative estimate of drug-likeness (QED) is 0.773. The fourth-order valence-corrected chi connectivity index (χ4v) is 2.91. The van der Waals surface area contributed by atoms with E-state index in [-0.39, 0.29) is 11.9 Å². The second kappa shape index (κ2) is 9.40. The Labute approximate surface area is 139 Å². The minimum Gasteiger partial charge on any atom is -0.497 e. The molecule has 1 unspecified atom stereocenters. The normalized spacial score (nSPS) is 16.6. The number of anilines is 1. The molecule has 1 aromatic rings. The van der Waals surface area contributed by atoms with Gasteiger partial charge >= 0.3 is 0 Å². The number of nitrogens with one attached hydrogen (secondary N) is 2. The van der Waals surface area contributed by atoms with Gasteiger partial charge in [0, 0.05) is 24.8 Å². The maximum atomic E-state index is 12.4. The predicted octanol–water partition coefficient (Wildman–Crippen LogP) is 2.49. The van der Waals surface area contributed by atoms with Gasteiger partial charge in [-0.25, -0.2) is 0 Å². The summed E-state index contributed by atoms with van der Waals surface area (Å²) in [5.41, 5.74) is 0.905. The Hall–Kier alpha value is -1.75. The van der Waals surface area contributed by atoms with Crippen molar-refractivity contribution in [2.24, 2.45) is 0 Å². The van der Waals surface area contributed by atoms with E-state index in [2.05, 4.69) is 15.5 Å². The second-order valence-corrected chi connectivity index (χ2v) is 6.03. The number of nitrogens with zero attached hydrogens (tertiary/aromatic N) is 1. The maximum absolute atomic E-state index is 12.4. The van der Waals surface area contributed by atoms with E-state index in [1.54, 1.807) is 7.11 Å². The molecule has 1 aliphatic heterocycles. The molecule has 0 saturated carbocycles. The highest BCUT2D eigenvalue weighted by atomic mass is 16.5. The summed E-state index contributed by atoms with van der Waals surface area (Å²) in [6, 6.07) is 7.45. The van der Waals surface area contributed by atoms with Gasteiger partial charge < -0.3 is 20.3 Å². The van der Waals surface area contributed by atoms with Crippen molar-refractivity contribution >= 4 is 11.6 Å². The lowest BCUT2D eigenvalue weighted by molar-refractivity contribution is -0.121. The highest BCUT2D eigenvalue weighted by Gasteiger charge is 2.16. The van der Waals surface area contributed by atoms with E-state index in [0.29, 0.717) is 0 Å². The Morgan fingerprint density at radius 1 is 1.30 bits per heavy atom. The molecular weight excluding hydrogens is 290 g/mol. The summed E-state index contributed by atoms with van der Waals surface area (Å²) in [4.78, 5) is 14.8. The molecule has 0 spiro atoms. The Balaban J connectivity index is 1.78. The minimum absolute atomic E-state index is 0.0623. The number of hydrogen-bond acceptors (Lipinski definition) is 4. The third-order valence-electron chi connectivity index (χ3n) is 4.31. The Morgan fingerprint density at radius 3 is 2.78 bits per heavy atom. The second-order valence-electron chi connectivity index (χ2n) is 6.03. The number of carbonyl (C=O) groups excluding carboxylic acids is 1. The van der Waals surface area contributed by atoms with Crippen LogP contribution in [0.5, 0.6) is 5.75 Å². The van der Waals surface area contributed by atoms with E-state index < -0.39 is 0 Å². The maximum Gasteiger partial charge on any atom is 0.242 e. The molecule has 0 bridgehead atoms. The number of carbonyl (C=O) groups is 1. The van der Waals surface area contributed by atoms with Crippen molar-refractivity contribution in [2.75, 3.05) is 38.6 Å². The number of methoxy groups -OCH3 is 1. The highest BCUT2D eigenvalue weighted by molar-refractivity contribution is 5.84. The number of benzene rings is 1. The predicted molar refractivity (Wildman–Crippen MR) is 94.0 cm³/mol. The van der Waals surface area contributed by atoms with Crippen LogP contribution in [0, 0.1) is 0 Å². The summed E-state index contributed by atoms with van der Waals surface area (Å²) < 4.78 is 5.22. The fourth-order valence-electron chi connectivity index (χ4n) is 2.91. The summed E-state index contributed by atoms with van der Waals surface area (Å²) in [6.07, 6.45) is 4.64. The van der Waals surface area contributed by atoms with Gasteiger partial charge in [-0.2, -0.15) is 0 Å². The van der Waals surface area contributed by atoms with Gasteiger partial charge in [0.05, 0.1) is 7.11 Å². The van der Waals surface area contributed by atoms with E-state index in [1.165, 1.54) is 19.3 Å². The molecule has 5 nitrogen and oxygen atoms in total. The lowest BCUT2D eigenvalue weighted by Crippen LogP contribution is -2.43. The highest BCUT2D eigenvalue weighted by Crippen LogP contribution is 2.18. The van der Waals surface area contributed by atoms with Crippen LogP contribution in [0.3, 0.4) is 0 Å². The van der Waals surface area contributed by atoms with Crippen molar-refractivity contribution in [2.45, 2.75) is 38.6 Å². The minimum atomic E-state index is -0.219. The number of piperidine rings is 1. The number of amides is 1. The van der Waals surface area contributed by atoms with Crippen LogP contribution in [-0.2, 0) is 4.79 Å². The van der Waals surface area contributed by atoms with E-state index >= 15 is 0 Å². The zero-order valence-corrected chi connectivity index (χ0v) is 14.3. The van der Waals surface area contributed by atoms with Crippen molar-refractivity contribution in [1.29, 1.82) is 0 Å². The SMILES string of the molecule is CCC(Nc1cccc(OC)c1)C(=O)NCCN1CCCCC1. The average Bonchev–Trinajstić information content (AvgIpc) is 2.60. The third kappa shape index (κ3) is 5.75. The van der Waals surface area contributed by atoms with E-state index in [1.807, 2.05) is 31.2 Å². The van der Waals surface area contributed by atoms with Crippen LogP contribution >= 0.6 is 0 Å². The lowest BCUT2D eigenvalue weighted by Gasteiger charge is -2.26. The van der Waals surface area contributed by atoms with Gasteiger partial charge in [-0.15, -0.1) is 0 Å². The van der Waals surface area contributed by atoms with Crippen LogP contribution < -0.4 is 15.4 Å². The van der Waals surface area contributed by atoms with E-state index in [4.69, 9.17) is 4.74 Å². The van der Waals surface area contributed by atoms with Crippen molar-refractivity contribution in [3.8, 4) is 5.75 Å². The Morgan fingerprint density at radius 2 is 2.09 bits per heavy atom. The number of ether oxygens (including phenoxy) is 1. The summed E-state index contributed by atoms with van der Waals surface area (Å²) in [6.45, 7) is 6.00. The molecule has 2 N–H and O–H groups in total. The van der Waals surface area contributed by atoms with Crippen LogP contribution in [0.2, 0.25) is 0 Å². The number of likely N-dealkylation sites (tertiary alicyclic amines) is 1. The van der Waals surface area contributed by atoms with Gasteiger partial charge in [0.2, 0.25) is 5.91 Å². The van der Waals surface area contributed by atoms with Gasteiger partial charge in [-0.1, -0.05) is 19.4 Å². The molecule has 0 radical (unpaired) electrons. The Kier molecular flexibility index (Phi) is 7.20. The summed E-state index contributed by atoms with van der Waals surface area (Å²) >= 11 is 0. The average molecular weight is 319 g/mol. The largest absolute Gasteiger partial charge is 0.497 e. The van der Waals surface area contributed by atoms with Crippen LogP contribution in [0.25, 0.3) is 0 Å². The summed E-state index contributed by atoms with van der Waals surface area (Å²) in [5, 5.41) is 6.34. The van der Waals surface area contributed by atoms with Gasteiger partial charge in [0.25, 0.3) is 0 Å². The molecule has 1 atom stereocenters. The van der Waals surface area contributed by atoms with Gasteiger partial charge in [0.15, 0.2) is 0 Å². The molecule has 1 aromatic carbocycles. The zero-order chi connectivity index (χ0) is 16.5. The summed E-state index contributed by atoms with van der Waals surface area (Å²) in [5.74, 6) is 0.850. The van der Waals surface area contributed by atoms with Crippen LogP contribution in [0.4, 0.5) is 5.69 Å². The van der Waals surface area contributed by atoms with Gasteiger partial charge in [0.1, 0.15) is 11.8 Å². The fraction of sp³-hybridized carbons (Fsp3) is 0.611. The number of hydrogen-bond donors (Lipinski definition) is 2. The molecule has 2 rings (SSSR count). The van der Waals surface area contributed by atoms with E-state index in [0.717, 1.165) is 44.0 Å². The molecule has 5 heteroatoms. The lowest BCUT2D eigenvalue weighted by atomic mass is 10.1. The van der Waals surface area contributed by atoms with Crippen molar-refractivity contribution in [1.82, 2.24) is 10.2 Å². The van der Waals surface area contributed by atoms with Gasteiger partial charge in [-0.3, -0.25) is 4.79 Å². The molecule has 1 saturated heterocycles. The molecule has 0 aromatic heterocycles. The molecule has 1 heterocycles. The topological polar surface area (TPSA) is 53.6 Å². The molecule has 128 valence electrons. The van der Waals surface area contributed by atoms with E-state index in [9.17, 15) is 4.79 Å². The molecule has 23 heavy (non-hydrogen) atoms. The van der Waals surface area contributed by atoms with Crippen molar-refractivity contribution in [3.63, 3.8) is 0 Å². The first kappa shape index (κ1) is 17.6. The first-order valence-corrected chi connectivity index (χ1v) is 8.63. The Bertz CT molecular complexity index is 487. The third-order valence-corrected chi connectivity index (χ3v) is 4.31. The van der Waals surface area contributed by atoms with Crippen LogP contribution in [-0.4, -0.2) is 50.1 Å². The smallest absolute Gasteiger partial charge is 0.242 e.